The Morgan fingerprint density at radius 2 is 1.88 bits per heavy atom. The number of esters is 1. The van der Waals surface area contributed by atoms with Crippen molar-refractivity contribution in [2.24, 2.45) is 5.92 Å². The Balaban J connectivity index is 1.64. The van der Waals surface area contributed by atoms with Gasteiger partial charge in [0.1, 0.15) is 0 Å². The highest BCUT2D eigenvalue weighted by Gasteiger charge is 2.27. The Labute approximate surface area is 200 Å². The summed E-state index contributed by atoms with van der Waals surface area (Å²) in [6.07, 6.45) is 12.1. The van der Waals surface area contributed by atoms with Crippen LogP contribution in [-0.2, 0) is 20.9 Å². The van der Waals surface area contributed by atoms with E-state index in [0.29, 0.717) is 6.54 Å². The minimum absolute atomic E-state index is 0.0478. The van der Waals surface area contributed by atoms with Crippen LogP contribution in [0.15, 0.2) is 67.0 Å². The Morgan fingerprint density at radius 3 is 2.56 bits per heavy atom. The van der Waals surface area contributed by atoms with Gasteiger partial charge in [0.2, 0.25) is 5.91 Å². The first-order chi connectivity index (χ1) is 16.5. The van der Waals surface area contributed by atoms with Gasteiger partial charge in [0, 0.05) is 30.1 Å². The maximum absolute atomic E-state index is 13.7. The van der Waals surface area contributed by atoms with Crippen molar-refractivity contribution in [3.8, 4) is 5.69 Å². The number of nitrogens with zero attached hydrogens (tertiary/aromatic N) is 3. The molecule has 0 bridgehead atoms. The molecule has 3 aromatic rings. The summed E-state index contributed by atoms with van der Waals surface area (Å²) in [6.45, 7) is 2.49. The molecule has 1 fully saturated rings. The van der Waals surface area contributed by atoms with E-state index in [9.17, 15) is 9.59 Å². The van der Waals surface area contributed by atoms with Gasteiger partial charge in [0.05, 0.1) is 19.3 Å². The summed E-state index contributed by atoms with van der Waals surface area (Å²) in [5.41, 5.74) is 4.75. The molecule has 34 heavy (non-hydrogen) atoms. The van der Waals surface area contributed by atoms with E-state index in [1.807, 2.05) is 71.2 Å². The standard InChI is InChI=1S/C28H31N3O3/c1-21-17-23(11-14-27(32)34-2)19-26(18-21)30(28(33)24-7-4-3-5-8-24)20-22-9-12-25(13-10-22)31-16-6-15-29-31/h6,9-19,24H,3-5,7-8,20H2,1-2H3/b14-11+. The molecule has 1 aliphatic rings. The summed E-state index contributed by atoms with van der Waals surface area (Å²) in [5, 5.41) is 4.28. The van der Waals surface area contributed by atoms with Crippen molar-refractivity contribution in [2.45, 2.75) is 45.6 Å². The van der Waals surface area contributed by atoms with Crippen LogP contribution in [0.25, 0.3) is 11.8 Å². The number of rotatable bonds is 7. The first-order valence-corrected chi connectivity index (χ1v) is 11.8. The lowest BCUT2D eigenvalue weighted by Crippen LogP contribution is -2.36. The number of carbonyl (C=O) groups is 2. The van der Waals surface area contributed by atoms with Crippen LogP contribution < -0.4 is 4.90 Å². The van der Waals surface area contributed by atoms with Crippen LogP contribution >= 0.6 is 0 Å². The van der Waals surface area contributed by atoms with E-state index in [2.05, 4.69) is 5.10 Å². The van der Waals surface area contributed by atoms with E-state index in [0.717, 1.165) is 53.7 Å². The number of amides is 1. The Kier molecular flexibility index (Phi) is 7.58. The predicted octanol–water partition coefficient (Wildman–Crippen LogP) is 5.48. The maximum Gasteiger partial charge on any atom is 0.330 e. The number of hydrogen-bond donors (Lipinski definition) is 0. The summed E-state index contributed by atoms with van der Waals surface area (Å²) < 4.78 is 6.53. The van der Waals surface area contributed by atoms with Gasteiger partial charge >= 0.3 is 5.97 Å². The first-order valence-electron chi connectivity index (χ1n) is 11.8. The Hall–Kier alpha value is -3.67. The molecule has 1 saturated carbocycles. The summed E-state index contributed by atoms with van der Waals surface area (Å²) in [7, 11) is 1.36. The SMILES string of the molecule is COC(=O)/C=C/c1cc(C)cc(N(Cc2ccc(-n3cccn3)cc2)C(=O)C2CCCCC2)c1. The smallest absolute Gasteiger partial charge is 0.330 e. The van der Waals surface area contributed by atoms with Gasteiger partial charge in [0.25, 0.3) is 0 Å². The molecular weight excluding hydrogens is 426 g/mol. The quantitative estimate of drug-likeness (QED) is 0.348. The van der Waals surface area contributed by atoms with Gasteiger partial charge in [-0.15, -0.1) is 0 Å². The zero-order valence-corrected chi connectivity index (χ0v) is 19.8. The topological polar surface area (TPSA) is 64.4 Å². The number of ether oxygens (including phenoxy) is 1. The zero-order valence-electron chi connectivity index (χ0n) is 19.8. The van der Waals surface area contributed by atoms with Crippen molar-refractivity contribution >= 4 is 23.6 Å². The van der Waals surface area contributed by atoms with Gasteiger partial charge < -0.3 is 9.64 Å². The van der Waals surface area contributed by atoms with Crippen LogP contribution in [0, 0.1) is 12.8 Å². The number of carbonyl (C=O) groups excluding carboxylic acids is 2. The summed E-state index contributed by atoms with van der Waals surface area (Å²) in [5.74, 6) is -0.188. The number of aryl methyl sites for hydroxylation is 1. The molecule has 0 unspecified atom stereocenters. The third-order valence-electron chi connectivity index (χ3n) is 6.28. The number of methoxy groups -OCH3 is 1. The van der Waals surface area contributed by atoms with E-state index < -0.39 is 5.97 Å². The molecule has 2 aromatic carbocycles. The normalized spacial score (nSPS) is 14.3. The number of hydrogen-bond acceptors (Lipinski definition) is 4. The lowest BCUT2D eigenvalue weighted by atomic mass is 9.88. The van der Waals surface area contributed by atoms with E-state index in [4.69, 9.17) is 4.74 Å². The largest absolute Gasteiger partial charge is 0.466 e. The lowest BCUT2D eigenvalue weighted by molar-refractivity contribution is -0.134. The van der Waals surface area contributed by atoms with E-state index >= 15 is 0 Å². The molecule has 6 nitrogen and oxygen atoms in total. The summed E-state index contributed by atoms with van der Waals surface area (Å²) in [6, 6.07) is 16.0. The molecule has 176 valence electrons. The van der Waals surface area contributed by atoms with Gasteiger partial charge in [-0.2, -0.15) is 5.10 Å². The second-order valence-electron chi connectivity index (χ2n) is 8.83. The average molecular weight is 458 g/mol. The van der Waals surface area contributed by atoms with Crippen LogP contribution in [0.2, 0.25) is 0 Å². The maximum atomic E-state index is 13.7. The molecular formula is C28H31N3O3. The number of anilines is 1. The van der Waals surface area contributed by atoms with E-state index in [1.54, 1.807) is 12.3 Å². The second-order valence-corrected chi connectivity index (χ2v) is 8.83. The fraction of sp³-hybridized carbons (Fsp3) is 0.321. The molecule has 1 aliphatic carbocycles. The van der Waals surface area contributed by atoms with E-state index in [-0.39, 0.29) is 11.8 Å². The molecule has 6 heteroatoms. The first kappa shape index (κ1) is 23.5. The molecule has 0 spiro atoms. The molecule has 0 radical (unpaired) electrons. The van der Waals surface area contributed by atoms with Crippen molar-refractivity contribution in [1.29, 1.82) is 0 Å². The average Bonchev–Trinajstić information content (AvgIpc) is 3.41. The van der Waals surface area contributed by atoms with Gasteiger partial charge in [-0.1, -0.05) is 37.5 Å². The molecule has 0 saturated heterocycles. The van der Waals surface area contributed by atoms with Crippen LogP contribution in [0.4, 0.5) is 5.69 Å². The molecule has 0 aliphatic heterocycles. The van der Waals surface area contributed by atoms with Crippen molar-refractivity contribution in [1.82, 2.24) is 9.78 Å². The third-order valence-corrected chi connectivity index (χ3v) is 6.28. The molecule has 4 rings (SSSR count). The summed E-state index contributed by atoms with van der Waals surface area (Å²) in [4.78, 5) is 27.2. The fourth-order valence-electron chi connectivity index (χ4n) is 4.50. The summed E-state index contributed by atoms with van der Waals surface area (Å²) >= 11 is 0. The molecule has 1 heterocycles. The highest BCUT2D eigenvalue weighted by molar-refractivity contribution is 5.95. The molecule has 0 N–H and O–H groups in total. The fourth-order valence-corrected chi connectivity index (χ4v) is 4.50. The molecule has 0 atom stereocenters. The van der Waals surface area contributed by atoms with E-state index in [1.165, 1.54) is 19.6 Å². The van der Waals surface area contributed by atoms with Crippen LogP contribution in [0.3, 0.4) is 0 Å². The van der Waals surface area contributed by atoms with Gasteiger partial charge in [-0.3, -0.25) is 4.79 Å². The minimum atomic E-state index is -0.407. The van der Waals surface area contributed by atoms with Crippen LogP contribution in [-0.4, -0.2) is 28.8 Å². The Morgan fingerprint density at radius 1 is 1.12 bits per heavy atom. The van der Waals surface area contributed by atoms with Crippen molar-refractivity contribution in [2.75, 3.05) is 12.0 Å². The zero-order chi connectivity index (χ0) is 23.9. The molecule has 1 aromatic heterocycles. The lowest BCUT2D eigenvalue weighted by Gasteiger charge is -2.30. The van der Waals surface area contributed by atoms with Gasteiger partial charge in [-0.25, -0.2) is 9.48 Å². The number of aromatic nitrogens is 2. The van der Waals surface area contributed by atoms with Crippen molar-refractivity contribution in [3.05, 3.63) is 83.7 Å². The van der Waals surface area contributed by atoms with Gasteiger partial charge in [0.15, 0.2) is 0 Å². The van der Waals surface area contributed by atoms with Crippen LogP contribution in [0.5, 0.6) is 0 Å². The minimum Gasteiger partial charge on any atom is -0.466 e. The molecule has 1 amide bonds. The van der Waals surface area contributed by atoms with Crippen molar-refractivity contribution in [3.63, 3.8) is 0 Å². The van der Waals surface area contributed by atoms with Gasteiger partial charge in [-0.05, 0) is 72.9 Å². The Bertz CT molecular complexity index is 1140. The second kappa shape index (κ2) is 11.0. The number of benzene rings is 2. The highest BCUT2D eigenvalue weighted by atomic mass is 16.5. The third kappa shape index (κ3) is 5.81. The van der Waals surface area contributed by atoms with Crippen LogP contribution in [0.1, 0.15) is 48.8 Å². The highest BCUT2D eigenvalue weighted by Crippen LogP contribution is 2.30. The monoisotopic (exact) mass is 457 g/mol. The predicted molar refractivity (Wildman–Crippen MR) is 134 cm³/mol. The van der Waals surface area contributed by atoms with Crippen molar-refractivity contribution < 1.29 is 14.3 Å².